The van der Waals surface area contributed by atoms with Crippen molar-refractivity contribution in [2.75, 3.05) is 7.05 Å². The monoisotopic (exact) mass is 303 g/mol. The molecule has 2 aromatic rings. The molecule has 0 heterocycles. The van der Waals surface area contributed by atoms with Crippen LogP contribution in [0.15, 0.2) is 30.3 Å². The van der Waals surface area contributed by atoms with Gasteiger partial charge < -0.3 is 5.32 Å². The first-order valence-corrected chi connectivity index (χ1v) is 6.09. The molecule has 0 aromatic heterocycles. The lowest BCUT2D eigenvalue weighted by Gasteiger charge is -2.19. The Morgan fingerprint density at radius 1 is 0.900 bits per heavy atom. The Kier molecular flexibility index (Phi) is 4.30. The number of hydrogen-bond donors (Lipinski definition) is 1. The van der Waals surface area contributed by atoms with E-state index in [-0.39, 0.29) is 16.1 Å². The maximum absolute atomic E-state index is 14.0. The van der Waals surface area contributed by atoms with Crippen molar-refractivity contribution in [3.8, 4) is 0 Å². The minimum atomic E-state index is -1.59. The number of halogens is 5. The minimum Gasteiger partial charge on any atom is -0.309 e. The van der Waals surface area contributed by atoms with Crippen LogP contribution in [0.2, 0.25) is 5.02 Å². The molecule has 0 saturated heterocycles. The molecule has 0 aliphatic rings. The van der Waals surface area contributed by atoms with Crippen molar-refractivity contribution in [3.05, 3.63) is 69.8 Å². The highest BCUT2D eigenvalue weighted by atomic mass is 35.5. The summed E-state index contributed by atoms with van der Waals surface area (Å²) in [5.41, 5.74) is -0.155. The molecule has 6 heteroatoms. The van der Waals surface area contributed by atoms with Gasteiger partial charge in [0.25, 0.3) is 0 Å². The Balaban J connectivity index is 2.59. The molecule has 1 atom stereocenters. The minimum absolute atomic E-state index is 0.0462. The second-order valence-electron chi connectivity index (χ2n) is 4.13. The van der Waals surface area contributed by atoms with Crippen molar-refractivity contribution in [1.82, 2.24) is 5.32 Å². The second kappa shape index (κ2) is 5.81. The van der Waals surface area contributed by atoms with Gasteiger partial charge in [-0.15, -0.1) is 0 Å². The lowest BCUT2D eigenvalue weighted by Crippen LogP contribution is -2.21. The topological polar surface area (TPSA) is 12.0 Å². The van der Waals surface area contributed by atoms with Crippen LogP contribution in [-0.2, 0) is 0 Å². The summed E-state index contributed by atoms with van der Waals surface area (Å²) in [5.74, 6) is -4.99. The third kappa shape index (κ3) is 2.51. The first kappa shape index (κ1) is 14.8. The van der Waals surface area contributed by atoms with Gasteiger partial charge in [0.05, 0.1) is 11.1 Å². The summed E-state index contributed by atoms with van der Waals surface area (Å²) in [5, 5.41) is 2.53. The lowest BCUT2D eigenvalue weighted by atomic mass is 9.97. The lowest BCUT2D eigenvalue weighted by molar-refractivity contribution is 0.433. The van der Waals surface area contributed by atoms with E-state index >= 15 is 0 Å². The van der Waals surface area contributed by atoms with Gasteiger partial charge in [-0.25, -0.2) is 17.6 Å². The molecule has 0 fully saturated rings. The van der Waals surface area contributed by atoms with E-state index in [4.69, 9.17) is 11.6 Å². The molecule has 2 aromatic carbocycles. The fourth-order valence-electron chi connectivity index (χ4n) is 1.99. The summed E-state index contributed by atoms with van der Waals surface area (Å²) < 4.78 is 54.0. The normalized spacial score (nSPS) is 12.5. The van der Waals surface area contributed by atoms with Crippen LogP contribution in [0.4, 0.5) is 17.6 Å². The van der Waals surface area contributed by atoms with Crippen molar-refractivity contribution >= 4 is 11.6 Å². The summed E-state index contributed by atoms with van der Waals surface area (Å²) >= 11 is 5.67. The highest BCUT2D eigenvalue weighted by molar-refractivity contribution is 6.30. The van der Waals surface area contributed by atoms with Gasteiger partial charge in [-0.3, -0.25) is 0 Å². The van der Waals surface area contributed by atoms with Crippen LogP contribution in [0.25, 0.3) is 0 Å². The van der Waals surface area contributed by atoms with Crippen molar-refractivity contribution in [1.29, 1.82) is 0 Å². The van der Waals surface area contributed by atoms with E-state index in [9.17, 15) is 17.6 Å². The van der Waals surface area contributed by atoms with Gasteiger partial charge in [-0.2, -0.15) is 0 Å². The van der Waals surface area contributed by atoms with Crippen molar-refractivity contribution < 1.29 is 17.6 Å². The summed E-state index contributed by atoms with van der Waals surface area (Å²) in [4.78, 5) is 0. The van der Waals surface area contributed by atoms with Crippen molar-refractivity contribution in [3.63, 3.8) is 0 Å². The number of benzene rings is 2. The zero-order chi connectivity index (χ0) is 14.9. The highest BCUT2D eigenvalue weighted by Gasteiger charge is 2.24. The molecule has 106 valence electrons. The highest BCUT2D eigenvalue weighted by Crippen LogP contribution is 2.30. The molecule has 2 rings (SSSR count). The molecule has 0 spiro atoms. The Morgan fingerprint density at radius 2 is 1.55 bits per heavy atom. The van der Waals surface area contributed by atoms with E-state index < -0.39 is 29.3 Å². The van der Waals surface area contributed by atoms with E-state index in [0.29, 0.717) is 0 Å². The van der Waals surface area contributed by atoms with Crippen LogP contribution < -0.4 is 5.32 Å². The molecule has 1 N–H and O–H groups in total. The van der Waals surface area contributed by atoms with Gasteiger partial charge in [-0.05, 0) is 19.2 Å². The van der Waals surface area contributed by atoms with E-state index in [2.05, 4.69) is 5.32 Å². The molecule has 20 heavy (non-hydrogen) atoms. The van der Waals surface area contributed by atoms with Crippen LogP contribution >= 0.6 is 11.6 Å². The number of nitrogens with one attached hydrogen (secondary N) is 1. The van der Waals surface area contributed by atoms with Gasteiger partial charge in [0.1, 0.15) is 5.82 Å². The Hall–Kier alpha value is -1.59. The Labute approximate surface area is 118 Å². The van der Waals surface area contributed by atoms with Crippen LogP contribution in [0.3, 0.4) is 0 Å². The van der Waals surface area contributed by atoms with E-state index in [1.165, 1.54) is 25.2 Å². The van der Waals surface area contributed by atoms with Gasteiger partial charge in [0.2, 0.25) is 0 Å². The van der Waals surface area contributed by atoms with Gasteiger partial charge in [-0.1, -0.05) is 29.8 Å². The third-order valence-corrected chi connectivity index (χ3v) is 3.25. The fourth-order valence-corrected chi connectivity index (χ4v) is 2.17. The largest absolute Gasteiger partial charge is 0.309 e. The molecule has 1 unspecified atom stereocenters. The standard InChI is InChI=1S/C14H10ClF4N/c1-20-14(7-3-2-4-9(15)11(7)17)8-5-6-10(16)13(19)12(8)18/h2-6,14,20H,1H3. The number of rotatable bonds is 3. The molecule has 0 saturated carbocycles. The van der Waals surface area contributed by atoms with Crippen LogP contribution in [0.5, 0.6) is 0 Å². The van der Waals surface area contributed by atoms with E-state index in [1.807, 2.05) is 0 Å². The zero-order valence-corrected chi connectivity index (χ0v) is 11.1. The molecule has 0 aliphatic carbocycles. The average molecular weight is 304 g/mol. The maximum Gasteiger partial charge on any atom is 0.194 e. The first-order chi connectivity index (χ1) is 9.47. The molecular formula is C14H10ClF4N. The predicted molar refractivity (Wildman–Crippen MR) is 68.6 cm³/mol. The van der Waals surface area contributed by atoms with Crippen LogP contribution in [0.1, 0.15) is 17.2 Å². The number of hydrogen-bond acceptors (Lipinski definition) is 1. The molecule has 0 radical (unpaired) electrons. The molecule has 0 amide bonds. The maximum atomic E-state index is 14.0. The summed E-state index contributed by atoms with van der Waals surface area (Å²) in [6, 6.07) is 5.10. The molecule has 1 nitrogen and oxygen atoms in total. The summed E-state index contributed by atoms with van der Waals surface area (Å²) in [7, 11) is 1.45. The molecular weight excluding hydrogens is 294 g/mol. The van der Waals surface area contributed by atoms with Crippen molar-refractivity contribution in [2.45, 2.75) is 6.04 Å². The van der Waals surface area contributed by atoms with Crippen molar-refractivity contribution in [2.24, 2.45) is 0 Å². The summed E-state index contributed by atoms with van der Waals surface area (Å²) in [6.07, 6.45) is 0. The van der Waals surface area contributed by atoms with E-state index in [0.717, 1.165) is 12.1 Å². The Morgan fingerprint density at radius 3 is 2.20 bits per heavy atom. The van der Waals surface area contributed by atoms with Gasteiger partial charge in [0, 0.05) is 11.1 Å². The molecule has 0 aliphatic heterocycles. The average Bonchev–Trinajstić information content (AvgIpc) is 2.44. The Bertz CT molecular complexity index is 645. The van der Waals surface area contributed by atoms with Gasteiger partial charge in [0.15, 0.2) is 17.5 Å². The zero-order valence-electron chi connectivity index (χ0n) is 10.4. The fraction of sp³-hybridized carbons (Fsp3) is 0.143. The summed E-state index contributed by atoms with van der Waals surface area (Å²) in [6.45, 7) is 0. The SMILES string of the molecule is CNC(c1cccc(Cl)c1F)c1ccc(F)c(F)c1F. The third-order valence-electron chi connectivity index (χ3n) is 2.96. The van der Waals surface area contributed by atoms with Crippen LogP contribution in [-0.4, -0.2) is 7.05 Å². The van der Waals surface area contributed by atoms with Gasteiger partial charge >= 0.3 is 0 Å². The quantitative estimate of drug-likeness (QED) is 0.662. The first-order valence-electron chi connectivity index (χ1n) is 5.72. The smallest absolute Gasteiger partial charge is 0.194 e. The predicted octanol–water partition coefficient (Wildman–Crippen LogP) is 4.21. The van der Waals surface area contributed by atoms with Crippen LogP contribution in [0, 0.1) is 23.3 Å². The molecule has 0 bridgehead atoms. The second-order valence-corrected chi connectivity index (χ2v) is 4.54. The van der Waals surface area contributed by atoms with E-state index in [1.54, 1.807) is 0 Å².